The molecule has 24 heavy (non-hydrogen) atoms. The maximum Gasteiger partial charge on any atom is 0.224 e. The Balaban J connectivity index is 1.42. The van der Waals surface area contributed by atoms with Gasteiger partial charge in [-0.2, -0.15) is 0 Å². The number of rotatable bonds is 6. The summed E-state index contributed by atoms with van der Waals surface area (Å²) in [5, 5.41) is 3.05. The van der Waals surface area contributed by atoms with Crippen LogP contribution in [0.5, 0.6) is 11.5 Å². The molecule has 0 saturated heterocycles. The van der Waals surface area contributed by atoms with E-state index in [-0.39, 0.29) is 18.1 Å². The third kappa shape index (κ3) is 4.51. The Hall–Kier alpha value is -2.49. The molecule has 2 atom stereocenters. The molecule has 1 heterocycles. The van der Waals surface area contributed by atoms with Crippen LogP contribution in [0.2, 0.25) is 0 Å². The first-order chi connectivity index (χ1) is 11.7. The molecule has 0 bridgehead atoms. The molecule has 0 radical (unpaired) electrons. The molecule has 3 rings (SSSR count). The molecule has 2 aromatic carbocycles. The zero-order chi connectivity index (χ0) is 16.8. The average Bonchev–Trinajstić information content (AvgIpc) is 2.60. The number of fused-ring (bicyclic) bond motifs is 1. The van der Waals surface area contributed by atoms with Gasteiger partial charge in [-0.05, 0) is 37.5 Å². The number of para-hydroxylation sites is 2. The van der Waals surface area contributed by atoms with Crippen molar-refractivity contribution in [1.29, 1.82) is 0 Å². The number of hydrogen-bond donors (Lipinski definition) is 1. The SMILES string of the molecule is C[C@@H](CCc1ccccc1)NC(=O)C[C@H]1COc2ccccc2O1. The minimum absolute atomic E-state index is 0.00328. The monoisotopic (exact) mass is 325 g/mol. The van der Waals surface area contributed by atoms with Crippen LogP contribution in [0.4, 0.5) is 0 Å². The van der Waals surface area contributed by atoms with E-state index in [0.29, 0.717) is 18.8 Å². The molecule has 0 unspecified atom stereocenters. The van der Waals surface area contributed by atoms with Gasteiger partial charge in [-0.25, -0.2) is 0 Å². The summed E-state index contributed by atoms with van der Waals surface area (Å²) in [5.74, 6) is 1.45. The summed E-state index contributed by atoms with van der Waals surface area (Å²) in [7, 11) is 0. The highest BCUT2D eigenvalue weighted by Crippen LogP contribution is 2.31. The summed E-state index contributed by atoms with van der Waals surface area (Å²) in [5.41, 5.74) is 1.29. The van der Waals surface area contributed by atoms with Gasteiger partial charge in [0.15, 0.2) is 11.5 Å². The van der Waals surface area contributed by atoms with Crippen molar-refractivity contribution >= 4 is 5.91 Å². The molecule has 0 fully saturated rings. The van der Waals surface area contributed by atoms with Crippen molar-refractivity contribution in [3.05, 3.63) is 60.2 Å². The lowest BCUT2D eigenvalue weighted by Crippen LogP contribution is -2.39. The summed E-state index contributed by atoms with van der Waals surface area (Å²) in [6, 6.07) is 18.0. The maximum absolute atomic E-state index is 12.2. The van der Waals surface area contributed by atoms with Crippen LogP contribution in [0.25, 0.3) is 0 Å². The van der Waals surface area contributed by atoms with Gasteiger partial charge in [-0.3, -0.25) is 4.79 Å². The number of hydrogen-bond acceptors (Lipinski definition) is 3. The van der Waals surface area contributed by atoms with Gasteiger partial charge >= 0.3 is 0 Å². The van der Waals surface area contributed by atoms with Crippen LogP contribution in [-0.2, 0) is 11.2 Å². The fourth-order valence-corrected chi connectivity index (χ4v) is 2.80. The van der Waals surface area contributed by atoms with Crippen LogP contribution in [0, 0.1) is 0 Å². The zero-order valence-corrected chi connectivity index (χ0v) is 13.9. The van der Waals surface area contributed by atoms with E-state index < -0.39 is 0 Å². The van der Waals surface area contributed by atoms with E-state index in [1.54, 1.807) is 0 Å². The highest BCUT2D eigenvalue weighted by atomic mass is 16.6. The van der Waals surface area contributed by atoms with Crippen LogP contribution in [0.1, 0.15) is 25.3 Å². The smallest absolute Gasteiger partial charge is 0.224 e. The second-order valence-electron chi connectivity index (χ2n) is 6.19. The molecular weight excluding hydrogens is 302 g/mol. The molecule has 1 aliphatic rings. The summed E-state index contributed by atoms with van der Waals surface area (Å²) in [6.45, 7) is 2.44. The minimum atomic E-state index is -0.235. The topological polar surface area (TPSA) is 47.6 Å². The minimum Gasteiger partial charge on any atom is -0.486 e. The van der Waals surface area contributed by atoms with Crippen molar-refractivity contribution in [1.82, 2.24) is 5.32 Å². The predicted molar refractivity (Wildman–Crippen MR) is 93.3 cm³/mol. The Morgan fingerprint density at radius 3 is 2.62 bits per heavy atom. The summed E-state index contributed by atoms with van der Waals surface area (Å²) in [6.07, 6.45) is 1.95. The molecule has 0 spiro atoms. The fourth-order valence-electron chi connectivity index (χ4n) is 2.80. The Kier molecular flexibility index (Phi) is 5.36. The van der Waals surface area contributed by atoms with Crippen molar-refractivity contribution < 1.29 is 14.3 Å². The van der Waals surface area contributed by atoms with E-state index >= 15 is 0 Å². The van der Waals surface area contributed by atoms with Gasteiger partial charge in [0.2, 0.25) is 5.91 Å². The van der Waals surface area contributed by atoms with E-state index in [1.807, 2.05) is 49.4 Å². The Morgan fingerprint density at radius 2 is 1.83 bits per heavy atom. The lowest BCUT2D eigenvalue weighted by Gasteiger charge is -2.26. The molecule has 4 nitrogen and oxygen atoms in total. The van der Waals surface area contributed by atoms with E-state index in [1.165, 1.54) is 5.56 Å². The third-order valence-electron chi connectivity index (χ3n) is 4.10. The number of amides is 1. The number of ether oxygens (including phenoxy) is 2. The molecule has 0 aliphatic carbocycles. The number of nitrogens with one attached hydrogen (secondary N) is 1. The van der Waals surface area contributed by atoms with E-state index in [4.69, 9.17) is 9.47 Å². The maximum atomic E-state index is 12.2. The van der Waals surface area contributed by atoms with Crippen molar-refractivity contribution in [3.63, 3.8) is 0 Å². The Morgan fingerprint density at radius 1 is 1.12 bits per heavy atom. The molecule has 2 aromatic rings. The largest absolute Gasteiger partial charge is 0.486 e. The number of aryl methyl sites for hydroxylation is 1. The van der Waals surface area contributed by atoms with Gasteiger partial charge in [-0.1, -0.05) is 42.5 Å². The van der Waals surface area contributed by atoms with E-state index in [0.717, 1.165) is 18.6 Å². The number of carbonyl (C=O) groups is 1. The standard InChI is InChI=1S/C20H23NO3/c1-15(11-12-16-7-3-2-4-8-16)21-20(22)13-17-14-23-18-9-5-6-10-19(18)24-17/h2-10,15,17H,11-14H2,1H3,(H,21,22)/t15-,17-/m0/s1. The van der Waals surface area contributed by atoms with Crippen molar-refractivity contribution in [2.75, 3.05) is 6.61 Å². The molecule has 0 saturated carbocycles. The first-order valence-corrected chi connectivity index (χ1v) is 8.42. The number of carbonyl (C=O) groups excluding carboxylic acids is 1. The molecular formula is C20H23NO3. The highest BCUT2D eigenvalue weighted by molar-refractivity contribution is 5.76. The second-order valence-corrected chi connectivity index (χ2v) is 6.19. The molecule has 1 aliphatic heterocycles. The van der Waals surface area contributed by atoms with Crippen LogP contribution < -0.4 is 14.8 Å². The van der Waals surface area contributed by atoms with Gasteiger partial charge in [0.1, 0.15) is 12.7 Å². The number of benzene rings is 2. The molecule has 4 heteroatoms. The third-order valence-corrected chi connectivity index (χ3v) is 4.10. The van der Waals surface area contributed by atoms with Crippen molar-refractivity contribution in [3.8, 4) is 11.5 Å². The summed E-state index contributed by atoms with van der Waals surface area (Å²) < 4.78 is 11.5. The van der Waals surface area contributed by atoms with Gasteiger partial charge in [-0.15, -0.1) is 0 Å². The van der Waals surface area contributed by atoms with Crippen LogP contribution in [0.15, 0.2) is 54.6 Å². The fraction of sp³-hybridized carbons (Fsp3) is 0.350. The Bertz CT molecular complexity index is 672. The normalized spacial score (nSPS) is 17.1. The first kappa shape index (κ1) is 16.4. The molecule has 126 valence electrons. The lowest BCUT2D eigenvalue weighted by molar-refractivity contribution is -0.124. The van der Waals surface area contributed by atoms with Crippen molar-refractivity contribution in [2.24, 2.45) is 0 Å². The van der Waals surface area contributed by atoms with E-state index in [2.05, 4.69) is 17.4 Å². The Labute approximate surface area is 142 Å². The van der Waals surface area contributed by atoms with Crippen LogP contribution >= 0.6 is 0 Å². The predicted octanol–water partition coefficient (Wildman–Crippen LogP) is 3.35. The van der Waals surface area contributed by atoms with Gasteiger partial charge in [0.05, 0.1) is 6.42 Å². The van der Waals surface area contributed by atoms with Crippen molar-refractivity contribution in [2.45, 2.75) is 38.3 Å². The van der Waals surface area contributed by atoms with E-state index in [9.17, 15) is 4.79 Å². The van der Waals surface area contributed by atoms with Gasteiger partial charge < -0.3 is 14.8 Å². The van der Waals surface area contributed by atoms with Gasteiger partial charge in [0, 0.05) is 6.04 Å². The molecule has 1 amide bonds. The first-order valence-electron chi connectivity index (χ1n) is 8.42. The highest BCUT2D eigenvalue weighted by Gasteiger charge is 2.23. The summed E-state index contributed by atoms with van der Waals surface area (Å²) in [4.78, 5) is 12.2. The molecule has 1 N–H and O–H groups in total. The summed E-state index contributed by atoms with van der Waals surface area (Å²) >= 11 is 0. The van der Waals surface area contributed by atoms with Gasteiger partial charge in [0.25, 0.3) is 0 Å². The second kappa shape index (κ2) is 7.86. The zero-order valence-electron chi connectivity index (χ0n) is 13.9. The quantitative estimate of drug-likeness (QED) is 0.886. The average molecular weight is 325 g/mol. The molecule has 0 aromatic heterocycles. The lowest BCUT2D eigenvalue weighted by atomic mass is 10.1. The van der Waals surface area contributed by atoms with Crippen LogP contribution in [-0.4, -0.2) is 24.7 Å². The van der Waals surface area contributed by atoms with Crippen LogP contribution in [0.3, 0.4) is 0 Å².